The number of hydrogen-bond donors (Lipinski definition) is 1. The molecule has 1 aromatic carbocycles. The molecule has 1 aromatic rings. The highest BCUT2D eigenvalue weighted by Crippen LogP contribution is 2.38. The number of halogens is 2. The SMILES string of the molecule is CN=C(NCC1(C(=O)N(C)C)CCCC1)N(C)Cc1ccc(Br)cc1.I. The molecule has 1 aliphatic carbocycles. The van der Waals surface area contributed by atoms with Crippen molar-refractivity contribution in [1.29, 1.82) is 0 Å². The van der Waals surface area contributed by atoms with Crippen molar-refractivity contribution < 1.29 is 4.79 Å². The van der Waals surface area contributed by atoms with Gasteiger partial charge in [-0.15, -0.1) is 24.0 Å². The van der Waals surface area contributed by atoms with Gasteiger partial charge in [-0.05, 0) is 30.5 Å². The van der Waals surface area contributed by atoms with Crippen LogP contribution in [0.3, 0.4) is 0 Å². The fourth-order valence-electron chi connectivity index (χ4n) is 3.56. The Bertz CT molecular complexity index is 612. The lowest BCUT2D eigenvalue weighted by Crippen LogP contribution is -2.49. The highest BCUT2D eigenvalue weighted by Gasteiger charge is 2.42. The van der Waals surface area contributed by atoms with Crippen molar-refractivity contribution in [2.24, 2.45) is 10.4 Å². The molecule has 1 aliphatic rings. The number of rotatable bonds is 5. The van der Waals surface area contributed by atoms with Crippen LogP contribution in [-0.4, -0.2) is 56.4 Å². The topological polar surface area (TPSA) is 47.9 Å². The van der Waals surface area contributed by atoms with E-state index in [4.69, 9.17) is 0 Å². The van der Waals surface area contributed by atoms with Gasteiger partial charge in [-0.1, -0.05) is 40.9 Å². The van der Waals surface area contributed by atoms with Crippen molar-refractivity contribution in [2.45, 2.75) is 32.2 Å². The molecule has 0 heterocycles. The Morgan fingerprint density at radius 2 is 1.77 bits per heavy atom. The van der Waals surface area contributed by atoms with Gasteiger partial charge in [0.25, 0.3) is 0 Å². The molecular formula is C19H30BrIN4O. The normalized spacial score (nSPS) is 16.0. The van der Waals surface area contributed by atoms with Gasteiger partial charge in [0.1, 0.15) is 0 Å². The predicted octanol–water partition coefficient (Wildman–Crippen LogP) is 3.72. The van der Waals surface area contributed by atoms with Crippen molar-refractivity contribution in [3.05, 3.63) is 34.3 Å². The Morgan fingerprint density at radius 3 is 2.27 bits per heavy atom. The molecule has 0 radical (unpaired) electrons. The Balaban J connectivity index is 0.00000338. The second-order valence-corrected chi connectivity index (χ2v) is 7.99. The summed E-state index contributed by atoms with van der Waals surface area (Å²) in [6.45, 7) is 1.41. The molecule has 0 aliphatic heterocycles. The van der Waals surface area contributed by atoms with Gasteiger partial charge in [-0.2, -0.15) is 0 Å². The third-order valence-corrected chi connectivity index (χ3v) is 5.44. The molecule has 0 bridgehead atoms. The molecule has 1 saturated carbocycles. The van der Waals surface area contributed by atoms with E-state index in [1.807, 2.05) is 33.3 Å². The molecule has 2 rings (SSSR count). The molecule has 0 spiro atoms. The lowest BCUT2D eigenvalue weighted by atomic mass is 9.84. The summed E-state index contributed by atoms with van der Waals surface area (Å²) in [4.78, 5) is 20.9. The summed E-state index contributed by atoms with van der Waals surface area (Å²) in [7, 11) is 7.50. The van der Waals surface area contributed by atoms with Crippen LogP contribution in [0.2, 0.25) is 0 Å². The number of nitrogens with one attached hydrogen (secondary N) is 1. The van der Waals surface area contributed by atoms with Crippen LogP contribution in [0.15, 0.2) is 33.7 Å². The molecule has 1 amide bonds. The summed E-state index contributed by atoms with van der Waals surface area (Å²) in [5.74, 6) is 1.05. The Hall–Kier alpha value is -0.830. The highest BCUT2D eigenvalue weighted by atomic mass is 127. The smallest absolute Gasteiger partial charge is 0.230 e. The summed E-state index contributed by atoms with van der Waals surface area (Å²) in [6, 6.07) is 8.29. The van der Waals surface area contributed by atoms with Crippen LogP contribution in [-0.2, 0) is 11.3 Å². The minimum Gasteiger partial charge on any atom is -0.355 e. The number of guanidine groups is 1. The number of aliphatic imine (C=N–C) groups is 1. The van der Waals surface area contributed by atoms with Gasteiger partial charge in [-0.3, -0.25) is 9.79 Å². The monoisotopic (exact) mass is 536 g/mol. The van der Waals surface area contributed by atoms with Crippen LogP contribution in [0.4, 0.5) is 0 Å². The number of hydrogen-bond acceptors (Lipinski definition) is 2. The minimum atomic E-state index is -0.294. The van der Waals surface area contributed by atoms with Crippen LogP contribution >= 0.6 is 39.9 Å². The maximum atomic E-state index is 12.7. The fraction of sp³-hybridized carbons (Fsp3) is 0.579. The fourth-order valence-corrected chi connectivity index (χ4v) is 3.83. The molecule has 0 saturated heterocycles. The van der Waals surface area contributed by atoms with Gasteiger partial charge in [0.05, 0.1) is 5.41 Å². The molecule has 1 N–H and O–H groups in total. The number of amides is 1. The highest BCUT2D eigenvalue weighted by molar-refractivity contribution is 14.0. The van der Waals surface area contributed by atoms with Gasteiger partial charge in [-0.25, -0.2) is 0 Å². The zero-order chi connectivity index (χ0) is 18.4. The van der Waals surface area contributed by atoms with E-state index >= 15 is 0 Å². The molecule has 5 nitrogen and oxygen atoms in total. The van der Waals surface area contributed by atoms with E-state index in [1.54, 1.807) is 11.9 Å². The van der Waals surface area contributed by atoms with Crippen molar-refractivity contribution >= 4 is 51.8 Å². The maximum Gasteiger partial charge on any atom is 0.230 e. The standard InChI is InChI=1S/C19H29BrN4O.HI/c1-21-18(24(4)13-15-7-9-16(20)10-8-15)22-14-19(11-5-6-12-19)17(25)23(2)3;/h7-10H,5-6,11-14H2,1-4H3,(H,21,22);1H. The van der Waals surface area contributed by atoms with Crippen LogP contribution in [0, 0.1) is 5.41 Å². The minimum absolute atomic E-state index is 0. The summed E-state index contributed by atoms with van der Waals surface area (Å²) < 4.78 is 1.08. The van der Waals surface area contributed by atoms with Gasteiger partial charge in [0, 0.05) is 45.8 Å². The Kier molecular flexibility index (Phi) is 9.36. The molecular weight excluding hydrogens is 507 g/mol. The largest absolute Gasteiger partial charge is 0.355 e. The molecule has 26 heavy (non-hydrogen) atoms. The first-order valence-corrected chi connectivity index (χ1v) is 9.55. The van der Waals surface area contributed by atoms with Crippen molar-refractivity contribution in [3.63, 3.8) is 0 Å². The van der Waals surface area contributed by atoms with Crippen molar-refractivity contribution in [2.75, 3.05) is 34.7 Å². The quantitative estimate of drug-likeness (QED) is 0.354. The average Bonchev–Trinajstić information content (AvgIpc) is 3.06. The van der Waals surface area contributed by atoms with Crippen LogP contribution < -0.4 is 5.32 Å². The lowest BCUT2D eigenvalue weighted by molar-refractivity contribution is -0.138. The zero-order valence-electron chi connectivity index (χ0n) is 16.1. The van der Waals surface area contributed by atoms with E-state index in [0.29, 0.717) is 6.54 Å². The molecule has 0 unspecified atom stereocenters. The van der Waals surface area contributed by atoms with E-state index in [0.717, 1.165) is 42.7 Å². The second kappa shape index (κ2) is 10.5. The lowest BCUT2D eigenvalue weighted by Gasteiger charge is -2.32. The molecule has 1 fully saturated rings. The molecule has 146 valence electrons. The number of nitrogens with zero attached hydrogens (tertiary/aromatic N) is 3. The van der Waals surface area contributed by atoms with E-state index in [-0.39, 0.29) is 35.3 Å². The van der Waals surface area contributed by atoms with E-state index < -0.39 is 0 Å². The summed E-state index contributed by atoms with van der Waals surface area (Å²) in [6.07, 6.45) is 4.14. The van der Waals surface area contributed by atoms with E-state index in [9.17, 15) is 4.79 Å². The number of carbonyl (C=O) groups is 1. The van der Waals surface area contributed by atoms with E-state index in [2.05, 4.69) is 43.3 Å². The van der Waals surface area contributed by atoms with Crippen molar-refractivity contribution in [3.8, 4) is 0 Å². The Morgan fingerprint density at radius 1 is 1.19 bits per heavy atom. The van der Waals surface area contributed by atoms with Gasteiger partial charge >= 0.3 is 0 Å². The van der Waals surface area contributed by atoms with Gasteiger partial charge in [0.15, 0.2) is 5.96 Å². The van der Waals surface area contributed by atoms with Crippen molar-refractivity contribution in [1.82, 2.24) is 15.1 Å². The predicted molar refractivity (Wildman–Crippen MR) is 122 cm³/mol. The summed E-state index contributed by atoms with van der Waals surface area (Å²) in [5.41, 5.74) is 0.923. The van der Waals surface area contributed by atoms with Gasteiger partial charge in [0.2, 0.25) is 5.91 Å². The van der Waals surface area contributed by atoms with E-state index in [1.165, 1.54) is 5.56 Å². The van der Waals surface area contributed by atoms with Crippen LogP contribution in [0.5, 0.6) is 0 Å². The average molecular weight is 537 g/mol. The Labute approximate surface area is 182 Å². The summed E-state index contributed by atoms with van der Waals surface area (Å²) >= 11 is 3.46. The molecule has 0 aromatic heterocycles. The van der Waals surface area contributed by atoms with Crippen LogP contribution in [0.1, 0.15) is 31.2 Å². The third-order valence-electron chi connectivity index (χ3n) is 4.91. The van der Waals surface area contributed by atoms with Crippen LogP contribution in [0.25, 0.3) is 0 Å². The third kappa shape index (κ3) is 5.84. The first kappa shape index (κ1) is 23.2. The second-order valence-electron chi connectivity index (χ2n) is 7.07. The first-order valence-electron chi connectivity index (χ1n) is 8.76. The number of benzene rings is 1. The van der Waals surface area contributed by atoms with Gasteiger partial charge < -0.3 is 15.1 Å². The molecule has 7 heteroatoms. The first-order chi connectivity index (χ1) is 11.9. The molecule has 0 atom stereocenters. The zero-order valence-corrected chi connectivity index (χ0v) is 20.0. The number of carbonyl (C=O) groups excluding carboxylic acids is 1. The maximum absolute atomic E-state index is 12.7. The summed E-state index contributed by atoms with van der Waals surface area (Å²) in [5, 5.41) is 3.44.